The second-order valence-corrected chi connectivity index (χ2v) is 8.58. The Morgan fingerprint density at radius 3 is 2.64 bits per heavy atom. The van der Waals surface area contributed by atoms with Crippen LogP contribution in [0.5, 0.6) is 0 Å². The second-order valence-electron chi connectivity index (χ2n) is 7.26. The third kappa shape index (κ3) is 5.76. The quantitative estimate of drug-likeness (QED) is 0.629. The van der Waals surface area contributed by atoms with Crippen molar-refractivity contribution < 1.29 is 9.59 Å². The molecule has 28 heavy (non-hydrogen) atoms. The molecule has 2 N–H and O–H groups in total. The Kier molecular flexibility index (Phi) is 7.03. The van der Waals surface area contributed by atoms with E-state index in [9.17, 15) is 9.59 Å². The van der Waals surface area contributed by atoms with Gasteiger partial charge in [0.05, 0.1) is 0 Å². The predicted molar refractivity (Wildman–Crippen MR) is 115 cm³/mol. The first-order valence-electron chi connectivity index (χ1n) is 9.43. The summed E-state index contributed by atoms with van der Waals surface area (Å²) in [5, 5.41) is 6.74. The fourth-order valence-corrected chi connectivity index (χ4v) is 4.23. The zero-order valence-corrected chi connectivity index (χ0v) is 17.5. The highest BCUT2D eigenvalue weighted by molar-refractivity contribution is 7.98. The maximum absolute atomic E-state index is 12.4. The highest BCUT2D eigenvalue weighted by Gasteiger charge is 2.37. The van der Waals surface area contributed by atoms with Crippen molar-refractivity contribution in [3.05, 3.63) is 64.7 Å². The Hall–Kier alpha value is -1.98. The number of carbonyl (C=O) groups excluding carboxylic acids is 2. The fraction of sp³-hybridized carbons (Fsp3) is 0.364. The number of nitrogens with one attached hydrogen (secondary N) is 2. The van der Waals surface area contributed by atoms with Gasteiger partial charge in [-0.1, -0.05) is 35.9 Å². The van der Waals surface area contributed by atoms with Crippen LogP contribution >= 0.6 is 23.4 Å². The summed E-state index contributed by atoms with van der Waals surface area (Å²) in [6.07, 6.45) is 5.09. The number of rotatable bonds is 8. The summed E-state index contributed by atoms with van der Waals surface area (Å²) in [5.74, 6) is 0.0540. The lowest BCUT2D eigenvalue weighted by atomic mass is 9.85. The van der Waals surface area contributed by atoms with Crippen LogP contribution in [0.1, 0.15) is 36.8 Å². The minimum Gasteiger partial charge on any atom is -0.352 e. The van der Waals surface area contributed by atoms with Crippen LogP contribution < -0.4 is 10.6 Å². The van der Waals surface area contributed by atoms with Gasteiger partial charge in [-0.15, -0.1) is 11.8 Å². The van der Waals surface area contributed by atoms with E-state index in [1.165, 1.54) is 10.5 Å². The van der Waals surface area contributed by atoms with Crippen LogP contribution in [0.3, 0.4) is 0 Å². The highest BCUT2D eigenvalue weighted by atomic mass is 35.5. The van der Waals surface area contributed by atoms with Crippen molar-refractivity contribution in [1.82, 2.24) is 10.6 Å². The molecule has 2 aromatic carbocycles. The van der Waals surface area contributed by atoms with E-state index in [2.05, 4.69) is 41.2 Å². The van der Waals surface area contributed by atoms with E-state index in [-0.39, 0.29) is 17.4 Å². The lowest BCUT2D eigenvalue weighted by molar-refractivity contribution is -0.122. The Morgan fingerprint density at radius 2 is 2.00 bits per heavy atom. The standard InChI is InChI=1S/C22H25ClN2O2S/c1-28-19-7-5-16(6-8-19)14-22(12-10-21(27)25-22)11-9-20(26)24-15-17-3-2-4-18(23)13-17/h2-8,13H,9-12,14-15H2,1H3,(H,24,26)(H,25,27)/t22-/m0/s1. The predicted octanol–water partition coefficient (Wildman–Crippen LogP) is 4.35. The Bertz CT molecular complexity index is 841. The molecule has 4 nitrogen and oxygen atoms in total. The van der Waals surface area contributed by atoms with E-state index in [4.69, 9.17) is 11.6 Å². The Labute approximate surface area is 175 Å². The largest absolute Gasteiger partial charge is 0.352 e. The van der Waals surface area contributed by atoms with Gasteiger partial charge >= 0.3 is 0 Å². The van der Waals surface area contributed by atoms with Crippen molar-refractivity contribution in [1.29, 1.82) is 0 Å². The maximum Gasteiger partial charge on any atom is 0.220 e. The molecule has 0 spiro atoms. The molecule has 0 saturated carbocycles. The number of benzene rings is 2. The summed E-state index contributed by atoms with van der Waals surface area (Å²) in [5.41, 5.74) is 1.81. The van der Waals surface area contributed by atoms with Gasteiger partial charge in [-0.25, -0.2) is 0 Å². The average molecular weight is 417 g/mol. The molecular weight excluding hydrogens is 392 g/mol. The molecule has 0 bridgehead atoms. The Morgan fingerprint density at radius 1 is 1.21 bits per heavy atom. The summed E-state index contributed by atoms with van der Waals surface area (Å²) in [7, 11) is 0. The third-order valence-corrected chi connectivity index (χ3v) is 6.12. The van der Waals surface area contributed by atoms with Gasteiger partial charge in [-0.05, 0) is 60.9 Å². The van der Waals surface area contributed by atoms with Crippen molar-refractivity contribution in [3.63, 3.8) is 0 Å². The van der Waals surface area contributed by atoms with Crippen molar-refractivity contribution in [3.8, 4) is 0 Å². The number of thioether (sulfide) groups is 1. The summed E-state index contributed by atoms with van der Waals surface area (Å²) in [6.45, 7) is 0.453. The highest BCUT2D eigenvalue weighted by Crippen LogP contribution is 2.30. The summed E-state index contributed by atoms with van der Waals surface area (Å²) in [6, 6.07) is 15.9. The molecule has 3 rings (SSSR count). The normalized spacial score (nSPS) is 18.7. The molecule has 6 heteroatoms. The minimum absolute atomic E-state index is 0.0155. The van der Waals surface area contributed by atoms with E-state index in [1.54, 1.807) is 11.8 Å². The van der Waals surface area contributed by atoms with Gasteiger partial charge in [0.2, 0.25) is 11.8 Å². The zero-order valence-electron chi connectivity index (χ0n) is 16.0. The SMILES string of the molecule is CSc1ccc(C[C@]2(CCC(=O)NCc3cccc(Cl)c3)CCC(=O)N2)cc1. The first-order valence-corrected chi connectivity index (χ1v) is 11.0. The fourth-order valence-electron chi connectivity index (χ4n) is 3.60. The monoisotopic (exact) mass is 416 g/mol. The third-order valence-electron chi connectivity index (χ3n) is 5.15. The van der Waals surface area contributed by atoms with Crippen LogP contribution in [0, 0.1) is 0 Å². The second kappa shape index (κ2) is 9.48. The minimum atomic E-state index is -0.342. The van der Waals surface area contributed by atoms with Gasteiger partial charge in [0.1, 0.15) is 0 Å². The van der Waals surface area contributed by atoms with Crippen LogP contribution in [-0.2, 0) is 22.6 Å². The van der Waals surface area contributed by atoms with Crippen LogP contribution in [0.15, 0.2) is 53.4 Å². The first kappa shape index (κ1) is 20.7. The molecule has 1 heterocycles. The summed E-state index contributed by atoms with van der Waals surface area (Å²) < 4.78 is 0. The molecule has 1 aliphatic heterocycles. The molecule has 0 aromatic heterocycles. The maximum atomic E-state index is 12.4. The number of amides is 2. The van der Waals surface area contributed by atoms with Crippen LogP contribution in [0.2, 0.25) is 5.02 Å². The molecule has 0 unspecified atom stereocenters. The zero-order chi connectivity index (χ0) is 20.0. The average Bonchev–Trinajstić information content (AvgIpc) is 3.06. The summed E-state index contributed by atoms with van der Waals surface area (Å²) in [4.78, 5) is 25.5. The van der Waals surface area contributed by atoms with E-state index in [0.717, 1.165) is 18.4 Å². The van der Waals surface area contributed by atoms with Crippen LogP contribution in [0.4, 0.5) is 0 Å². The van der Waals surface area contributed by atoms with Gasteiger partial charge in [-0.2, -0.15) is 0 Å². The first-order chi connectivity index (χ1) is 13.5. The summed E-state index contributed by atoms with van der Waals surface area (Å²) >= 11 is 7.69. The van der Waals surface area contributed by atoms with Gasteiger partial charge in [0, 0.05) is 34.8 Å². The number of hydrogen-bond donors (Lipinski definition) is 2. The number of carbonyl (C=O) groups is 2. The van der Waals surface area contributed by atoms with E-state index in [0.29, 0.717) is 30.8 Å². The molecule has 2 amide bonds. The smallest absolute Gasteiger partial charge is 0.220 e. The molecule has 0 aliphatic carbocycles. The topological polar surface area (TPSA) is 58.2 Å². The van der Waals surface area contributed by atoms with E-state index >= 15 is 0 Å². The Balaban J connectivity index is 1.57. The van der Waals surface area contributed by atoms with Crippen LogP contribution in [0.25, 0.3) is 0 Å². The molecule has 1 atom stereocenters. The number of hydrogen-bond acceptors (Lipinski definition) is 3. The van der Waals surface area contributed by atoms with Gasteiger partial charge in [0.25, 0.3) is 0 Å². The van der Waals surface area contributed by atoms with E-state index in [1.807, 2.05) is 24.3 Å². The number of halogens is 1. The van der Waals surface area contributed by atoms with E-state index < -0.39 is 0 Å². The molecule has 2 aromatic rings. The van der Waals surface area contributed by atoms with Crippen molar-refractivity contribution >= 4 is 35.2 Å². The molecule has 1 saturated heterocycles. The van der Waals surface area contributed by atoms with Crippen molar-refractivity contribution in [2.24, 2.45) is 0 Å². The van der Waals surface area contributed by atoms with Crippen molar-refractivity contribution in [2.45, 2.75) is 49.1 Å². The van der Waals surface area contributed by atoms with Crippen molar-refractivity contribution in [2.75, 3.05) is 6.26 Å². The lowest BCUT2D eigenvalue weighted by Gasteiger charge is -2.29. The van der Waals surface area contributed by atoms with Gasteiger partial charge in [0.15, 0.2) is 0 Å². The molecule has 1 aliphatic rings. The molecule has 1 fully saturated rings. The van der Waals surface area contributed by atoms with Gasteiger partial charge in [-0.3, -0.25) is 9.59 Å². The lowest BCUT2D eigenvalue weighted by Crippen LogP contribution is -2.44. The molecule has 0 radical (unpaired) electrons. The molecular formula is C22H25ClN2O2S. The molecule has 148 valence electrons. The van der Waals surface area contributed by atoms with Gasteiger partial charge < -0.3 is 10.6 Å². The van der Waals surface area contributed by atoms with Crippen LogP contribution in [-0.4, -0.2) is 23.6 Å².